The molecule has 1 unspecified atom stereocenters. The molecule has 2 heterocycles. The predicted molar refractivity (Wildman–Crippen MR) is 96.7 cm³/mol. The third kappa shape index (κ3) is 4.52. The normalized spacial score (nSPS) is 18.4. The summed E-state index contributed by atoms with van der Waals surface area (Å²) >= 11 is 0. The van der Waals surface area contributed by atoms with Gasteiger partial charge in [-0.3, -0.25) is 19.7 Å². The average Bonchev–Trinajstić information content (AvgIpc) is 3.12. The van der Waals surface area contributed by atoms with E-state index < -0.39 is 17.7 Å². The smallest absolute Gasteiger partial charge is 0.410 e. The van der Waals surface area contributed by atoms with Crippen LogP contribution in [0.1, 0.15) is 60.1 Å². The summed E-state index contributed by atoms with van der Waals surface area (Å²) in [4.78, 5) is 28.3. The molecule has 140 valence electrons. The summed E-state index contributed by atoms with van der Waals surface area (Å²) in [6.07, 6.45) is 0.991. The summed E-state index contributed by atoms with van der Waals surface area (Å²) in [5.74, 6) is 0.418. The van der Waals surface area contributed by atoms with Crippen LogP contribution >= 0.6 is 0 Å². The number of likely N-dealkylation sites (tertiary alicyclic amines) is 1. The maximum absolute atomic E-state index is 12.9. The number of hydrogen-bond acceptors (Lipinski definition) is 4. The van der Waals surface area contributed by atoms with E-state index in [1.807, 2.05) is 26.8 Å². The van der Waals surface area contributed by atoms with Gasteiger partial charge >= 0.3 is 6.09 Å². The number of ether oxygens (including phenoxy) is 1. The third-order valence-electron chi connectivity index (χ3n) is 4.21. The van der Waals surface area contributed by atoms with Crippen LogP contribution in [0.25, 0.3) is 0 Å². The molecule has 1 N–H and O–H groups in total. The number of rotatable bonds is 2. The van der Waals surface area contributed by atoms with Crippen molar-refractivity contribution in [2.75, 3.05) is 18.5 Å². The topological polar surface area (TPSA) is 78.5 Å². The van der Waals surface area contributed by atoms with Crippen LogP contribution in [0.5, 0.6) is 0 Å². The molecule has 0 spiro atoms. The molecule has 1 aromatic heterocycles. The van der Waals surface area contributed by atoms with Crippen molar-refractivity contribution >= 4 is 17.8 Å². The number of likely N-dealkylation sites (N-methyl/N-ethyl adjacent to an activating group) is 1. The van der Waals surface area contributed by atoms with E-state index >= 15 is 0 Å². The number of carbonyl (C=O) groups excluding carboxylic acids is 2. The molecule has 0 aromatic carbocycles. The SMILES string of the molecule is CN(C(=O)C1CCCN1C(=O)OC(C)(C)C)c1cc(C(C)(C)C)[nH]n1. The van der Waals surface area contributed by atoms with Crippen molar-refractivity contribution in [3.05, 3.63) is 11.8 Å². The van der Waals surface area contributed by atoms with Crippen LogP contribution in [0.3, 0.4) is 0 Å². The fourth-order valence-electron chi connectivity index (χ4n) is 2.77. The molecule has 0 bridgehead atoms. The van der Waals surface area contributed by atoms with Crippen LogP contribution < -0.4 is 4.90 Å². The Kier molecular flexibility index (Phi) is 5.16. The van der Waals surface area contributed by atoms with Gasteiger partial charge in [-0.25, -0.2) is 4.79 Å². The van der Waals surface area contributed by atoms with Gasteiger partial charge in [0.15, 0.2) is 5.82 Å². The Morgan fingerprint density at radius 1 is 1.28 bits per heavy atom. The number of carbonyl (C=O) groups is 2. The highest BCUT2D eigenvalue weighted by molar-refractivity contribution is 5.97. The first kappa shape index (κ1) is 19.3. The lowest BCUT2D eigenvalue weighted by atomic mass is 9.92. The standard InChI is InChI=1S/C18H30N4O3/c1-17(2,3)13-11-14(20-19-13)21(7)15(23)12-9-8-10-22(12)16(24)25-18(4,5)6/h11-12H,8-10H2,1-7H3,(H,19,20). The minimum absolute atomic E-state index is 0.0783. The zero-order valence-electron chi connectivity index (χ0n) is 16.3. The van der Waals surface area contributed by atoms with Crippen LogP contribution in [0.2, 0.25) is 0 Å². The minimum atomic E-state index is -0.580. The molecule has 2 amide bonds. The Bertz CT molecular complexity index is 639. The molecule has 1 aromatic rings. The molecule has 1 atom stereocenters. The van der Waals surface area contributed by atoms with Crippen LogP contribution in [-0.2, 0) is 14.9 Å². The number of anilines is 1. The quantitative estimate of drug-likeness (QED) is 0.889. The molecule has 0 radical (unpaired) electrons. The van der Waals surface area contributed by atoms with Gasteiger partial charge in [-0.15, -0.1) is 0 Å². The first-order chi connectivity index (χ1) is 11.4. The fraction of sp³-hybridized carbons (Fsp3) is 0.722. The lowest BCUT2D eigenvalue weighted by Crippen LogP contribution is -2.48. The highest BCUT2D eigenvalue weighted by Gasteiger charge is 2.38. The van der Waals surface area contributed by atoms with Crippen LogP contribution in [-0.4, -0.2) is 52.3 Å². The van der Waals surface area contributed by atoms with Crippen molar-refractivity contribution in [3.63, 3.8) is 0 Å². The van der Waals surface area contributed by atoms with Crippen molar-refractivity contribution in [2.45, 2.75) is 71.4 Å². The van der Waals surface area contributed by atoms with Crippen molar-refractivity contribution < 1.29 is 14.3 Å². The number of nitrogens with one attached hydrogen (secondary N) is 1. The maximum atomic E-state index is 12.9. The lowest BCUT2D eigenvalue weighted by Gasteiger charge is -2.29. The first-order valence-corrected chi connectivity index (χ1v) is 8.73. The fourth-order valence-corrected chi connectivity index (χ4v) is 2.77. The maximum Gasteiger partial charge on any atom is 0.410 e. The minimum Gasteiger partial charge on any atom is -0.444 e. The largest absolute Gasteiger partial charge is 0.444 e. The van der Waals surface area contributed by atoms with E-state index in [1.54, 1.807) is 7.05 Å². The van der Waals surface area contributed by atoms with Gasteiger partial charge in [-0.2, -0.15) is 5.10 Å². The summed E-state index contributed by atoms with van der Waals surface area (Å²) in [5, 5.41) is 7.24. The van der Waals surface area contributed by atoms with E-state index in [-0.39, 0.29) is 11.3 Å². The number of nitrogens with zero attached hydrogens (tertiary/aromatic N) is 3. The molecule has 25 heavy (non-hydrogen) atoms. The molecule has 0 aliphatic carbocycles. The van der Waals surface area contributed by atoms with E-state index in [1.165, 1.54) is 9.80 Å². The first-order valence-electron chi connectivity index (χ1n) is 8.73. The Labute approximate surface area is 149 Å². The predicted octanol–water partition coefficient (Wildman–Crippen LogP) is 3.07. The van der Waals surface area contributed by atoms with Gasteiger partial charge < -0.3 is 4.74 Å². The highest BCUT2D eigenvalue weighted by atomic mass is 16.6. The number of aromatic nitrogens is 2. The van der Waals surface area contributed by atoms with Gasteiger partial charge in [0.1, 0.15) is 11.6 Å². The van der Waals surface area contributed by atoms with Crippen LogP contribution in [0, 0.1) is 0 Å². The number of hydrogen-bond donors (Lipinski definition) is 1. The second-order valence-electron chi connectivity index (χ2n) is 8.62. The molecule has 1 fully saturated rings. The van der Waals surface area contributed by atoms with E-state index in [4.69, 9.17) is 4.74 Å². The van der Waals surface area contributed by atoms with Crippen molar-refractivity contribution in [1.82, 2.24) is 15.1 Å². The summed E-state index contributed by atoms with van der Waals surface area (Å²) in [6.45, 7) is 12.2. The second-order valence-corrected chi connectivity index (χ2v) is 8.62. The van der Waals surface area contributed by atoms with Crippen molar-refractivity contribution in [1.29, 1.82) is 0 Å². The molecular formula is C18H30N4O3. The van der Waals surface area contributed by atoms with Crippen LogP contribution in [0.4, 0.5) is 10.6 Å². The monoisotopic (exact) mass is 350 g/mol. The number of amides is 2. The Hall–Kier alpha value is -2.05. The summed E-state index contributed by atoms with van der Waals surface area (Å²) < 4.78 is 5.43. The van der Waals surface area contributed by atoms with Gasteiger partial charge in [0.2, 0.25) is 0 Å². The molecule has 1 aliphatic heterocycles. The van der Waals surface area contributed by atoms with Crippen molar-refractivity contribution in [2.24, 2.45) is 0 Å². The third-order valence-corrected chi connectivity index (χ3v) is 4.21. The second kappa shape index (κ2) is 6.69. The zero-order valence-corrected chi connectivity index (χ0v) is 16.3. The molecule has 1 saturated heterocycles. The molecule has 7 nitrogen and oxygen atoms in total. The Morgan fingerprint density at radius 3 is 2.44 bits per heavy atom. The van der Waals surface area contributed by atoms with Gasteiger partial charge in [-0.05, 0) is 33.6 Å². The summed E-state index contributed by atoms with van der Waals surface area (Å²) in [6, 6.07) is 1.37. The molecular weight excluding hydrogens is 320 g/mol. The highest BCUT2D eigenvalue weighted by Crippen LogP contribution is 2.26. The Balaban J connectivity index is 2.12. The van der Waals surface area contributed by atoms with Crippen LogP contribution in [0.15, 0.2) is 6.07 Å². The molecule has 2 rings (SSSR count). The zero-order chi connectivity index (χ0) is 19.0. The molecule has 1 aliphatic rings. The van der Waals surface area contributed by atoms with E-state index in [0.29, 0.717) is 18.8 Å². The van der Waals surface area contributed by atoms with Gasteiger partial charge in [-0.1, -0.05) is 20.8 Å². The number of aromatic amines is 1. The lowest BCUT2D eigenvalue weighted by molar-refractivity contribution is -0.122. The van der Waals surface area contributed by atoms with E-state index in [2.05, 4.69) is 31.0 Å². The van der Waals surface area contributed by atoms with E-state index in [9.17, 15) is 9.59 Å². The average molecular weight is 350 g/mol. The van der Waals surface area contributed by atoms with Gasteiger partial charge in [0.05, 0.1) is 0 Å². The van der Waals surface area contributed by atoms with Gasteiger partial charge in [0, 0.05) is 30.8 Å². The Morgan fingerprint density at radius 2 is 1.92 bits per heavy atom. The van der Waals surface area contributed by atoms with E-state index in [0.717, 1.165) is 12.1 Å². The summed E-state index contributed by atoms with van der Waals surface area (Å²) in [7, 11) is 1.69. The number of H-pyrrole nitrogens is 1. The summed E-state index contributed by atoms with van der Waals surface area (Å²) in [5.41, 5.74) is 0.297. The molecule has 0 saturated carbocycles. The molecule has 7 heteroatoms. The van der Waals surface area contributed by atoms with Crippen molar-refractivity contribution in [3.8, 4) is 0 Å². The van der Waals surface area contributed by atoms with Gasteiger partial charge in [0.25, 0.3) is 5.91 Å².